The summed E-state index contributed by atoms with van der Waals surface area (Å²) in [6, 6.07) is 30.7. The van der Waals surface area contributed by atoms with Crippen LogP contribution in [0.5, 0.6) is 0 Å². The maximum atomic E-state index is 5.73. The van der Waals surface area contributed by atoms with E-state index in [1.165, 1.54) is 5.56 Å². The molecule has 0 saturated heterocycles. The summed E-state index contributed by atoms with van der Waals surface area (Å²) in [5, 5.41) is 0. The van der Waals surface area contributed by atoms with Crippen LogP contribution in [0.3, 0.4) is 0 Å². The monoisotopic (exact) mass is 390 g/mol. The first-order valence-corrected chi connectivity index (χ1v) is 10.3. The molecule has 0 aliphatic heterocycles. The molecule has 3 rings (SSSR count). The average molecular weight is 391 g/mol. The molecule has 154 valence electrons. The van der Waals surface area contributed by atoms with Crippen molar-refractivity contribution in [3.63, 3.8) is 0 Å². The maximum absolute atomic E-state index is 5.73. The van der Waals surface area contributed by atoms with Crippen molar-refractivity contribution in [3.8, 4) is 0 Å². The van der Waals surface area contributed by atoms with Gasteiger partial charge in [0, 0.05) is 0 Å². The van der Waals surface area contributed by atoms with E-state index in [4.69, 9.17) is 9.78 Å². The summed E-state index contributed by atoms with van der Waals surface area (Å²) in [5.41, 5.74) is 2.60. The van der Waals surface area contributed by atoms with Gasteiger partial charge in [-0.05, 0) is 50.3 Å². The third-order valence-corrected chi connectivity index (χ3v) is 4.86. The van der Waals surface area contributed by atoms with Gasteiger partial charge in [0.2, 0.25) is 0 Å². The molecular formula is C27H34O2. The molecule has 0 atom stereocenters. The molecule has 2 heteroatoms. The van der Waals surface area contributed by atoms with Crippen molar-refractivity contribution in [3.05, 3.63) is 108 Å². The van der Waals surface area contributed by atoms with E-state index >= 15 is 0 Å². The quantitative estimate of drug-likeness (QED) is 0.318. The molecule has 0 fully saturated rings. The standard InChI is InChI=1S/C18H22O2.C9H12/c1-17(2,15-11-7-5-8-12-15)19-20-18(3,4)16-13-9-6-10-14-16;1-8(2)9-6-4-3-5-7-9/h5-14H,1-4H3;3-8H,1-2H3. The van der Waals surface area contributed by atoms with Crippen LogP contribution >= 0.6 is 0 Å². The molecule has 0 N–H and O–H groups in total. The highest BCUT2D eigenvalue weighted by atomic mass is 17.2. The molecule has 2 nitrogen and oxygen atoms in total. The largest absolute Gasteiger partial charge is 0.225 e. The van der Waals surface area contributed by atoms with Gasteiger partial charge in [0.25, 0.3) is 0 Å². The second-order valence-corrected chi connectivity index (χ2v) is 8.48. The Labute approximate surface area is 176 Å². The van der Waals surface area contributed by atoms with Gasteiger partial charge in [-0.2, -0.15) is 0 Å². The minimum atomic E-state index is -0.493. The van der Waals surface area contributed by atoms with E-state index in [9.17, 15) is 0 Å². The van der Waals surface area contributed by atoms with E-state index in [1.807, 2.05) is 94.4 Å². The predicted molar refractivity (Wildman–Crippen MR) is 122 cm³/mol. The average Bonchev–Trinajstić information content (AvgIpc) is 2.75. The fourth-order valence-corrected chi connectivity index (χ4v) is 2.82. The molecule has 0 heterocycles. The van der Waals surface area contributed by atoms with Gasteiger partial charge in [-0.1, -0.05) is 105 Å². The Balaban J connectivity index is 0.000000278. The number of benzene rings is 3. The van der Waals surface area contributed by atoms with Gasteiger partial charge < -0.3 is 0 Å². The lowest BCUT2D eigenvalue weighted by Crippen LogP contribution is -2.29. The lowest BCUT2D eigenvalue weighted by molar-refractivity contribution is -0.410. The topological polar surface area (TPSA) is 18.5 Å². The maximum Gasteiger partial charge on any atom is 0.123 e. The Bertz CT molecular complexity index is 771. The molecule has 29 heavy (non-hydrogen) atoms. The van der Waals surface area contributed by atoms with Crippen molar-refractivity contribution >= 4 is 0 Å². The van der Waals surface area contributed by atoms with Crippen molar-refractivity contribution in [1.29, 1.82) is 0 Å². The lowest BCUT2D eigenvalue weighted by atomic mass is 9.98. The molecule has 3 aromatic rings. The summed E-state index contributed by atoms with van der Waals surface area (Å²) >= 11 is 0. The fourth-order valence-electron chi connectivity index (χ4n) is 2.82. The minimum absolute atomic E-state index is 0.493. The van der Waals surface area contributed by atoms with Crippen LogP contribution in [-0.2, 0) is 21.0 Å². The predicted octanol–water partition coefficient (Wildman–Crippen LogP) is 7.62. The molecule has 0 unspecified atom stereocenters. The molecule has 0 aliphatic rings. The van der Waals surface area contributed by atoms with Crippen molar-refractivity contribution in [2.45, 2.75) is 58.7 Å². The SMILES string of the molecule is CC(C)(OOC(C)(C)c1ccccc1)c1ccccc1.CC(C)c1ccccc1. The Morgan fingerprint density at radius 1 is 0.517 bits per heavy atom. The summed E-state index contributed by atoms with van der Waals surface area (Å²) in [4.78, 5) is 11.5. The van der Waals surface area contributed by atoms with Crippen LogP contribution in [0, 0.1) is 0 Å². The van der Waals surface area contributed by atoms with Crippen LogP contribution in [0.25, 0.3) is 0 Å². The molecule has 0 spiro atoms. The Morgan fingerprint density at radius 3 is 1.10 bits per heavy atom. The molecular weight excluding hydrogens is 356 g/mol. The van der Waals surface area contributed by atoms with Gasteiger partial charge in [0.05, 0.1) is 0 Å². The minimum Gasteiger partial charge on any atom is -0.225 e. The van der Waals surface area contributed by atoms with Gasteiger partial charge in [0.1, 0.15) is 11.2 Å². The zero-order chi connectivity index (χ0) is 21.3. The molecule has 3 aromatic carbocycles. The van der Waals surface area contributed by atoms with Crippen molar-refractivity contribution in [2.75, 3.05) is 0 Å². The first-order valence-electron chi connectivity index (χ1n) is 10.3. The smallest absolute Gasteiger partial charge is 0.123 e. The Hall–Kier alpha value is -2.42. The van der Waals surface area contributed by atoms with E-state index in [0.29, 0.717) is 5.92 Å². The van der Waals surface area contributed by atoms with Crippen molar-refractivity contribution in [1.82, 2.24) is 0 Å². The van der Waals surface area contributed by atoms with E-state index in [0.717, 1.165) is 11.1 Å². The van der Waals surface area contributed by atoms with Crippen LogP contribution in [0.1, 0.15) is 64.2 Å². The van der Waals surface area contributed by atoms with Crippen molar-refractivity contribution < 1.29 is 9.78 Å². The van der Waals surface area contributed by atoms with Gasteiger partial charge >= 0.3 is 0 Å². The molecule has 0 amide bonds. The molecule has 0 aliphatic carbocycles. The van der Waals surface area contributed by atoms with Gasteiger partial charge in [-0.15, -0.1) is 0 Å². The summed E-state index contributed by atoms with van der Waals surface area (Å²) in [6.07, 6.45) is 0. The van der Waals surface area contributed by atoms with E-state index in [2.05, 4.69) is 38.1 Å². The first-order chi connectivity index (χ1) is 13.7. The lowest BCUT2D eigenvalue weighted by Gasteiger charge is -2.31. The molecule has 0 radical (unpaired) electrons. The van der Waals surface area contributed by atoms with Gasteiger partial charge in [0.15, 0.2) is 0 Å². The summed E-state index contributed by atoms with van der Waals surface area (Å²) < 4.78 is 0. The number of hydrogen-bond acceptors (Lipinski definition) is 2. The summed E-state index contributed by atoms with van der Waals surface area (Å²) in [5.74, 6) is 0.659. The third-order valence-electron chi connectivity index (χ3n) is 4.86. The van der Waals surface area contributed by atoms with Crippen molar-refractivity contribution in [2.24, 2.45) is 0 Å². The highest BCUT2D eigenvalue weighted by Crippen LogP contribution is 2.31. The highest BCUT2D eigenvalue weighted by molar-refractivity contribution is 5.22. The fraction of sp³-hybridized carbons (Fsp3) is 0.333. The van der Waals surface area contributed by atoms with Crippen LogP contribution < -0.4 is 0 Å². The number of hydrogen-bond donors (Lipinski definition) is 0. The highest BCUT2D eigenvalue weighted by Gasteiger charge is 2.29. The summed E-state index contributed by atoms with van der Waals surface area (Å²) in [6.45, 7) is 12.4. The molecule has 0 saturated carbocycles. The van der Waals surface area contributed by atoms with Gasteiger partial charge in [-0.3, -0.25) is 0 Å². The van der Waals surface area contributed by atoms with Gasteiger partial charge in [-0.25, -0.2) is 9.78 Å². The van der Waals surface area contributed by atoms with Crippen LogP contribution in [0.2, 0.25) is 0 Å². The number of rotatable bonds is 6. The van der Waals surface area contributed by atoms with E-state index < -0.39 is 11.2 Å². The van der Waals surface area contributed by atoms with Crippen LogP contribution in [0.15, 0.2) is 91.0 Å². The summed E-state index contributed by atoms with van der Waals surface area (Å²) in [7, 11) is 0. The zero-order valence-corrected chi connectivity index (χ0v) is 18.6. The second kappa shape index (κ2) is 10.4. The van der Waals surface area contributed by atoms with E-state index in [-0.39, 0.29) is 0 Å². The normalized spacial score (nSPS) is 11.7. The van der Waals surface area contributed by atoms with Crippen LogP contribution in [0.4, 0.5) is 0 Å². The zero-order valence-electron chi connectivity index (χ0n) is 18.6. The molecule has 0 bridgehead atoms. The van der Waals surface area contributed by atoms with E-state index in [1.54, 1.807) is 0 Å². The first kappa shape index (κ1) is 22.9. The molecule has 0 aromatic heterocycles. The third kappa shape index (κ3) is 7.16. The Morgan fingerprint density at radius 2 is 0.828 bits per heavy atom. The Kier molecular flexibility index (Phi) is 8.19. The second-order valence-electron chi connectivity index (χ2n) is 8.48. The van der Waals surface area contributed by atoms with Crippen LogP contribution in [-0.4, -0.2) is 0 Å².